The topological polar surface area (TPSA) is 12.0 Å². The Hall–Kier alpha value is -0.470. The van der Waals surface area contributed by atoms with Crippen molar-refractivity contribution in [3.05, 3.63) is 29.8 Å². The molecule has 1 heterocycles. The van der Waals surface area contributed by atoms with Crippen LogP contribution in [0.2, 0.25) is 0 Å². The maximum atomic E-state index is 3.31. The summed E-state index contributed by atoms with van der Waals surface area (Å²) in [6, 6.07) is 9.02. The number of benzene rings is 1. The lowest BCUT2D eigenvalue weighted by atomic mass is 10.0. The number of hydrogen-bond acceptors (Lipinski definition) is 2. The quantitative estimate of drug-likeness (QED) is 0.784. The summed E-state index contributed by atoms with van der Waals surface area (Å²) >= 11 is 1.98. The van der Waals surface area contributed by atoms with Gasteiger partial charge in [-0.05, 0) is 42.6 Å². The maximum absolute atomic E-state index is 3.31. The van der Waals surface area contributed by atoms with Crippen LogP contribution in [0, 0.1) is 5.92 Å². The van der Waals surface area contributed by atoms with Gasteiger partial charge in [0.05, 0.1) is 0 Å². The first-order valence-corrected chi connectivity index (χ1v) is 6.67. The van der Waals surface area contributed by atoms with E-state index in [2.05, 4.69) is 43.4 Å². The van der Waals surface area contributed by atoms with E-state index in [1.54, 1.807) is 0 Å². The van der Waals surface area contributed by atoms with Crippen LogP contribution in [-0.4, -0.2) is 18.8 Å². The largest absolute Gasteiger partial charge is 0.316 e. The Balaban J connectivity index is 1.86. The van der Waals surface area contributed by atoms with E-state index in [-0.39, 0.29) is 0 Å². The molecule has 82 valence electrons. The minimum atomic E-state index is 0.639. The monoisotopic (exact) mass is 221 g/mol. The molecule has 0 aliphatic carbocycles. The van der Waals surface area contributed by atoms with Gasteiger partial charge in [0.2, 0.25) is 0 Å². The molecule has 1 aromatic carbocycles. The molecule has 1 saturated heterocycles. The van der Waals surface area contributed by atoms with Crippen molar-refractivity contribution in [3.8, 4) is 0 Å². The summed E-state index contributed by atoms with van der Waals surface area (Å²) in [7, 11) is 0. The zero-order chi connectivity index (χ0) is 10.7. The molecule has 1 aliphatic rings. The van der Waals surface area contributed by atoms with Gasteiger partial charge in [0.15, 0.2) is 0 Å². The van der Waals surface area contributed by atoms with Gasteiger partial charge in [-0.3, -0.25) is 0 Å². The Morgan fingerprint density at radius 2 is 1.93 bits per heavy atom. The molecule has 0 saturated carbocycles. The van der Waals surface area contributed by atoms with E-state index in [1.807, 2.05) is 11.8 Å². The second kappa shape index (κ2) is 5.04. The smallest absolute Gasteiger partial charge is 0.00722 e. The molecule has 0 spiro atoms. The molecule has 1 nitrogen and oxygen atoms in total. The second-order valence-corrected chi connectivity index (χ2v) is 5.65. The van der Waals surface area contributed by atoms with Crippen LogP contribution in [-0.2, 0) is 0 Å². The lowest BCUT2D eigenvalue weighted by Gasteiger charge is -2.26. The fourth-order valence-electron chi connectivity index (χ4n) is 1.63. The van der Waals surface area contributed by atoms with E-state index in [0.29, 0.717) is 5.92 Å². The Labute approximate surface area is 96.7 Å². The van der Waals surface area contributed by atoms with Crippen LogP contribution in [0.1, 0.15) is 25.3 Å². The summed E-state index contributed by atoms with van der Waals surface area (Å²) in [6.07, 6.45) is 0. The van der Waals surface area contributed by atoms with Gasteiger partial charge in [0.25, 0.3) is 0 Å². The van der Waals surface area contributed by atoms with Gasteiger partial charge in [-0.2, -0.15) is 0 Å². The van der Waals surface area contributed by atoms with Crippen molar-refractivity contribution in [3.63, 3.8) is 0 Å². The van der Waals surface area contributed by atoms with Crippen LogP contribution in [0.5, 0.6) is 0 Å². The summed E-state index contributed by atoms with van der Waals surface area (Å²) in [5.41, 5.74) is 1.43. The number of rotatable bonds is 4. The van der Waals surface area contributed by atoms with Gasteiger partial charge in [-0.25, -0.2) is 0 Å². The van der Waals surface area contributed by atoms with Crippen molar-refractivity contribution in [2.45, 2.75) is 24.7 Å². The zero-order valence-electron chi connectivity index (χ0n) is 9.49. The molecule has 1 N–H and O–H groups in total. The third-order valence-electron chi connectivity index (χ3n) is 2.90. The molecule has 2 heteroatoms. The molecule has 0 amide bonds. The summed E-state index contributed by atoms with van der Waals surface area (Å²) in [4.78, 5) is 1.41. The van der Waals surface area contributed by atoms with Gasteiger partial charge >= 0.3 is 0 Å². The highest BCUT2D eigenvalue weighted by atomic mass is 32.2. The average Bonchev–Trinajstić information content (AvgIpc) is 2.16. The first kappa shape index (κ1) is 11.0. The van der Waals surface area contributed by atoms with E-state index in [4.69, 9.17) is 0 Å². The van der Waals surface area contributed by atoms with Crippen molar-refractivity contribution >= 4 is 11.8 Å². The molecule has 0 aromatic heterocycles. The van der Waals surface area contributed by atoms with Gasteiger partial charge in [0, 0.05) is 10.6 Å². The fourth-order valence-corrected chi connectivity index (χ4v) is 2.62. The van der Waals surface area contributed by atoms with Crippen LogP contribution in [0.4, 0.5) is 0 Å². The summed E-state index contributed by atoms with van der Waals surface area (Å²) < 4.78 is 0. The number of nitrogens with one attached hydrogen (secondary N) is 1. The standard InChI is InChI=1S/C13H19NS/c1-10(2)12-3-5-13(6-4-12)15-9-11-7-14-8-11/h3-6,10-11,14H,7-9H2,1-2H3. The summed E-state index contributed by atoms with van der Waals surface area (Å²) in [6.45, 7) is 6.89. The van der Waals surface area contributed by atoms with Crippen molar-refractivity contribution < 1.29 is 0 Å². The van der Waals surface area contributed by atoms with Crippen LogP contribution < -0.4 is 5.32 Å². The summed E-state index contributed by atoms with van der Waals surface area (Å²) in [5.74, 6) is 2.79. The second-order valence-electron chi connectivity index (χ2n) is 4.56. The van der Waals surface area contributed by atoms with E-state index in [9.17, 15) is 0 Å². The normalized spacial score (nSPS) is 16.7. The van der Waals surface area contributed by atoms with Crippen LogP contribution >= 0.6 is 11.8 Å². The SMILES string of the molecule is CC(C)c1ccc(SCC2CNC2)cc1. The molecule has 2 rings (SSSR count). The molecular weight excluding hydrogens is 202 g/mol. The van der Waals surface area contributed by atoms with Crippen LogP contribution in [0.15, 0.2) is 29.2 Å². The van der Waals surface area contributed by atoms with Crippen molar-refractivity contribution in [1.82, 2.24) is 5.32 Å². The minimum Gasteiger partial charge on any atom is -0.316 e. The Morgan fingerprint density at radius 1 is 1.27 bits per heavy atom. The zero-order valence-corrected chi connectivity index (χ0v) is 10.3. The highest BCUT2D eigenvalue weighted by Gasteiger charge is 2.16. The molecule has 15 heavy (non-hydrogen) atoms. The molecule has 0 atom stereocenters. The van der Waals surface area contributed by atoms with Crippen molar-refractivity contribution in [2.24, 2.45) is 5.92 Å². The third kappa shape index (κ3) is 2.99. The van der Waals surface area contributed by atoms with E-state index in [1.165, 1.54) is 29.3 Å². The van der Waals surface area contributed by atoms with E-state index >= 15 is 0 Å². The fraction of sp³-hybridized carbons (Fsp3) is 0.538. The molecule has 0 unspecified atom stereocenters. The van der Waals surface area contributed by atoms with E-state index < -0.39 is 0 Å². The predicted molar refractivity (Wildman–Crippen MR) is 67.6 cm³/mol. The molecule has 0 radical (unpaired) electrons. The van der Waals surface area contributed by atoms with E-state index in [0.717, 1.165) is 5.92 Å². The predicted octanol–water partition coefficient (Wildman–Crippen LogP) is 3.12. The van der Waals surface area contributed by atoms with Crippen LogP contribution in [0.25, 0.3) is 0 Å². The highest BCUT2D eigenvalue weighted by molar-refractivity contribution is 7.99. The van der Waals surface area contributed by atoms with Gasteiger partial charge < -0.3 is 5.32 Å². The maximum Gasteiger partial charge on any atom is 0.00722 e. The van der Waals surface area contributed by atoms with Crippen molar-refractivity contribution in [1.29, 1.82) is 0 Å². The first-order chi connectivity index (χ1) is 7.25. The lowest BCUT2D eigenvalue weighted by Crippen LogP contribution is -2.43. The van der Waals surface area contributed by atoms with Gasteiger partial charge in [0.1, 0.15) is 0 Å². The van der Waals surface area contributed by atoms with Crippen LogP contribution in [0.3, 0.4) is 0 Å². The Bertz CT molecular complexity index is 301. The molecular formula is C13H19NS. The molecule has 1 aliphatic heterocycles. The van der Waals surface area contributed by atoms with Gasteiger partial charge in [-0.15, -0.1) is 11.8 Å². The average molecular weight is 221 g/mol. The Kier molecular flexibility index (Phi) is 3.71. The first-order valence-electron chi connectivity index (χ1n) is 5.69. The molecule has 1 aromatic rings. The highest BCUT2D eigenvalue weighted by Crippen LogP contribution is 2.24. The molecule has 0 bridgehead atoms. The molecule has 1 fully saturated rings. The van der Waals surface area contributed by atoms with Crippen molar-refractivity contribution in [2.75, 3.05) is 18.8 Å². The third-order valence-corrected chi connectivity index (χ3v) is 4.14. The lowest BCUT2D eigenvalue weighted by molar-refractivity contribution is 0.385. The number of hydrogen-bond donors (Lipinski definition) is 1. The Morgan fingerprint density at radius 3 is 2.40 bits per heavy atom. The summed E-state index contributed by atoms with van der Waals surface area (Å²) in [5, 5.41) is 3.31. The number of thioether (sulfide) groups is 1. The minimum absolute atomic E-state index is 0.639. The van der Waals surface area contributed by atoms with Gasteiger partial charge in [-0.1, -0.05) is 26.0 Å².